The fraction of sp³-hybridized carbons (Fsp3) is 0.667. The molecule has 0 aromatic rings. The van der Waals surface area contributed by atoms with Gasteiger partial charge in [-0.2, -0.15) is 5.10 Å². The SMILES string of the molecule is CO[C@]12OCCN(C)C1=CC(=O)C1=NN[C@H](C)[C@H]12. The number of morpholine rings is 1. The molecule has 0 radical (unpaired) electrons. The van der Waals surface area contributed by atoms with Crippen LogP contribution in [-0.4, -0.2) is 55.5 Å². The van der Waals surface area contributed by atoms with Gasteiger partial charge in [-0.05, 0) is 6.92 Å². The summed E-state index contributed by atoms with van der Waals surface area (Å²) < 4.78 is 11.6. The first-order valence-corrected chi connectivity index (χ1v) is 6.10. The molecule has 1 N–H and O–H groups in total. The average molecular weight is 251 g/mol. The zero-order valence-corrected chi connectivity index (χ0v) is 10.8. The minimum Gasteiger partial charge on any atom is -0.371 e. The van der Waals surface area contributed by atoms with Gasteiger partial charge in [0.15, 0.2) is 0 Å². The predicted molar refractivity (Wildman–Crippen MR) is 64.9 cm³/mol. The van der Waals surface area contributed by atoms with Crippen LogP contribution in [0, 0.1) is 5.92 Å². The summed E-state index contributed by atoms with van der Waals surface area (Å²) in [7, 11) is 3.57. The molecule has 1 fully saturated rings. The summed E-state index contributed by atoms with van der Waals surface area (Å²) in [6.45, 7) is 3.31. The second kappa shape index (κ2) is 3.80. The van der Waals surface area contributed by atoms with E-state index in [1.54, 1.807) is 13.2 Å². The Bertz CT molecular complexity index is 459. The molecule has 0 aromatic carbocycles. The molecule has 18 heavy (non-hydrogen) atoms. The van der Waals surface area contributed by atoms with Crippen molar-refractivity contribution in [2.24, 2.45) is 11.0 Å². The molecule has 0 unspecified atom stereocenters. The molecule has 1 aliphatic carbocycles. The normalized spacial score (nSPS) is 38.6. The maximum Gasteiger partial charge on any atom is 0.220 e. The Balaban J connectivity index is 2.15. The molecule has 2 heterocycles. The van der Waals surface area contributed by atoms with E-state index in [9.17, 15) is 4.79 Å². The number of carbonyl (C=O) groups is 1. The van der Waals surface area contributed by atoms with Crippen LogP contribution in [0.5, 0.6) is 0 Å². The Morgan fingerprint density at radius 1 is 1.67 bits per heavy atom. The molecular formula is C12H17N3O3. The number of allylic oxidation sites excluding steroid dienone is 1. The van der Waals surface area contributed by atoms with E-state index in [0.717, 1.165) is 12.2 Å². The zero-order chi connectivity index (χ0) is 12.9. The van der Waals surface area contributed by atoms with Crippen LogP contribution < -0.4 is 5.43 Å². The number of ether oxygens (including phenoxy) is 2. The van der Waals surface area contributed by atoms with E-state index in [4.69, 9.17) is 9.47 Å². The summed E-state index contributed by atoms with van der Waals surface area (Å²) in [6.07, 6.45) is 1.58. The second-order valence-electron chi connectivity index (χ2n) is 4.93. The van der Waals surface area contributed by atoms with E-state index >= 15 is 0 Å². The highest BCUT2D eigenvalue weighted by atomic mass is 16.7. The lowest BCUT2D eigenvalue weighted by Crippen LogP contribution is -2.61. The van der Waals surface area contributed by atoms with Crippen LogP contribution in [0.15, 0.2) is 16.9 Å². The highest BCUT2D eigenvalue weighted by Gasteiger charge is 2.57. The maximum absolute atomic E-state index is 12.1. The van der Waals surface area contributed by atoms with Crippen molar-refractivity contribution in [3.8, 4) is 0 Å². The van der Waals surface area contributed by atoms with Crippen LogP contribution >= 0.6 is 0 Å². The van der Waals surface area contributed by atoms with Gasteiger partial charge in [0.25, 0.3) is 0 Å². The van der Waals surface area contributed by atoms with E-state index in [2.05, 4.69) is 10.5 Å². The number of hydrogen-bond donors (Lipinski definition) is 1. The number of hydrogen-bond acceptors (Lipinski definition) is 6. The van der Waals surface area contributed by atoms with Gasteiger partial charge in [0.05, 0.1) is 24.3 Å². The van der Waals surface area contributed by atoms with Gasteiger partial charge >= 0.3 is 0 Å². The lowest BCUT2D eigenvalue weighted by Gasteiger charge is -2.48. The summed E-state index contributed by atoms with van der Waals surface area (Å²) in [5, 5.41) is 4.12. The standard InChI is InChI=1S/C12H17N3O3/c1-7-10-11(14-13-7)8(16)6-9-12(10,17-3)18-5-4-15(9)2/h6-7,10,13H,4-5H2,1-3H3/t7-,10-,12+/m1/s1. The van der Waals surface area contributed by atoms with E-state index in [0.29, 0.717) is 12.3 Å². The van der Waals surface area contributed by atoms with Gasteiger partial charge in [0.2, 0.25) is 11.6 Å². The van der Waals surface area contributed by atoms with Gasteiger partial charge in [-0.15, -0.1) is 0 Å². The maximum atomic E-state index is 12.1. The van der Waals surface area contributed by atoms with Gasteiger partial charge in [0.1, 0.15) is 5.71 Å². The summed E-state index contributed by atoms with van der Waals surface area (Å²) in [5.41, 5.74) is 4.25. The molecule has 0 aromatic heterocycles. The van der Waals surface area contributed by atoms with Gasteiger partial charge in [-0.25, -0.2) is 0 Å². The van der Waals surface area contributed by atoms with Crippen LogP contribution in [0.25, 0.3) is 0 Å². The van der Waals surface area contributed by atoms with Crippen LogP contribution in [0.3, 0.4) is 0 Å². The van der Waals surface area contributed by atoms with Crippen molar-refractivity contribution in [2.75, 3.05) is 27.3 Å². The quantitative estimate of drug-likeness (QED) is 0.694. The second-order valence-corrected chi connectivity index (χ2v) is 4.93. The van der Waals surface area contributed by atoms with Crippen molar-refractivity contribution in [1.29, 1.82) is 0 Å². The van der Waals surface area contributed by atoms with Crippen molar-refractivity contribution in [1.82, 2.24) is 10.3 Å². The smallest absolute Gasteiger partial charge is 0.220 e. The molecule has 0 amide bonds. The van der Waals surface area contributed by atoms with Crippen LogP contribution in [0.4, 0.5) is 0 Å². The Morgan fingerprint density at radius 3 is 3.17 bits per heavy atom. The van der Waals surface area contributed by atoms with Crippen molar-refractivity contribution in [3.05, 3.63) is 11.8 Å². The molecule has 3 atom stereocenters. The minimum absolute atomic E-state index is 0.0131. The summed E-state index contributed by atoms with van der Waals surface area (Å²) in [6, 6.07) is 0.0131. The molecule has 0 bridgehead atoms. The lowest BCUT2D eigenvalue weighted by molar-refractivity contribution is -0.245. The zero-order valence-electron chi connectivity index (χ0n) is 10.8. The number of nitrogens with one attached hydrogen (secondary N) is 1. The number of carbonyl (C=O) groups excluding carboxylic acids is 1. The first kappa shape index (κ1) is 11.7. The number of methoxy groups -OCH3 is 1. The average Bonchev–Trinajstić information content (AvgIpc) is 2.75. The largest absolute Gasteiger partial charge is 0.371 e. The number of hydrazone groups is 1. The summed E-state index contributed by atoms with van der Waals surface area (Å²) in [4.78, 5) is 14.1. The van der Waals surface area contributed by atoms with Crippen LogP contribution in [0.2, 0.25) is 0 Å². The fourth-order valence-corrected chi connectivity index (χ4v) is 3.01. The molecule has 0 spiro atoms. The molecule has 6 heteroatoms. The topological polar surface area (TPSA) is 63.2 Å². The Hall–Kier alpha value is -1.40. The number of fused-ring (bicyclic) bond motifs is 3. The van der Waals surface area contributed by atoms with Crippen LogP contribution in [-0.2, 0) is 14.3 Å². The fourth-order valence-electron chi connectivity index (χ4n) is 3.01. The summed E-state index contributed by atoms with van der Waals surface area (Å²) >= 11 is 0. The highest BCUT2D eigenvalue weighted by Crippen LogP contribution is 2.42. The van der Waals surface area contributed by atoms with Crippen molar-refractivity contribution < 1.29 is 14.3 Å². The number of rotatable bonds is 1. The van der Waals surface area contributed by atoms with Gasteiger partial charge in [-0.3, -0.25) is 4.79 Å². The molecule has 6 nitrogen and oxygen atoms in total. The predicted octanol–water partition coefficient (Wildman–Crippen LogP) is -0.278. The van der Waals surface area contributed by atoms with Crippen molar-refractivity contribution in [2.45, 2.75) is 18.8 Å². The highest BCUT2D eigenvalue weighted by molar-refractivity contribution is 6.46. The third-order valence-electron chi connectivity index (χ3n) is 3.93. The van der Waals surface area contributed by atoms with E-state index in [-0.39, 0.29) is 17.7 Å². The van der Waals surface area contributed by atoms with E-state index in [1.165, 1.54) is 0 Å². The molecular weight excluding hydrogens is 234 g/mol. The van der Waals surface area contributed by atoms with Crippen molar-refractivity contribution in [3.63, 3.8) is 0 Å². The number of ketones is 1. The third-order valence-corrected chi connectivity index (χ3v) is 3.93. The van der Waals surface area contributed by atoms with E-state index < -0.39 is 5.79 Å². The molecule has 98 valence electrons. The molecule has 3 rings (SSSR count). The Labute approximate surface area is 106 Å². The van der Waals surface area contributed by atoms with Gasteiger partial charge < -0.3 is 19.8 Å². The first-order valence-electron chi connectivity index (χ1n) is 6.10. The third kappa shape index (κ3) is 1.30. The molecule has 0 saturated carbocycles. The Morgan fingerprint density at radius 2 is 2.44 bits per heavy atom. The molecule has 3 aliphatic rings. The van der Waals surface area contributed by atoms with E-state index in [1.807, 2.05) is 18.9 Å². The van der Waals surface area contributed by atoms with Gasteiger partial charge in [0, 0.05) is 26.8 Å². The monoisotopic (exact) mass is 251 g/mol. The number of likely N-dealkylation sites (N-methyl/N-ethyl adjacent to an activating group) is 1. The molecule has 1 saturated heterocycles. The minimum atomic E-state index is -0.886. The number of nitrogens with zero attached hydrogens (tertiary/aromatic N) is 2. The van der Waals surface area contributed by atoms with Crippen LogP contribution in [0.1, 0.15) is 6.92 Å². The lowest BCUT2D eigenvalue weighted by atomic mass is 9.79. The molecule has 2 aliphatic heterocycles. The summed E-state index contributed by atoms with van der Waals surface area (Å²) in [5.74, 6) is -1.14. The first-order chi connectivity index (χ1) is 8.60. The van der Waals surface area contributed by atoms with Crippen molar-refractivity contribution >= 4 is 11.5 Å². The van der Waals surface area contributed by atoms with Gasteiger partial charge in [-0.1, -0.05) is 0 Å². The Kier molecular flexibility index (Phi) is 2.46.